The quantitative estimate of drug-likeness (QED) is 0.795. The molecule has 2 unspecified atom stereocenters. The Morgan fingerprint density at radius 1 is 1.29 bits per heavy atom. The lowest BCUT2D eigenvalue weighted by molar-refractivity contribution is 0.0777. The molecule has 2 heterocycles. The number of carbonyl (C=O) groups is 1. The average Bonchev–Trinajstić information content (AvgIpc) is 3.28. The largest absolute Gasteiger partial charge is 0.340 e. The predicted octanol–water partition coefficient (Wildman–Crippen LogP) is 3.54. The SMILES string of the molecule is Cc1nc(CSc2ccccc2C(=O)N2CC3CCCC3C2)no1. The summed E-state index contributed by atoms with van der Waals surface area (Å²) in [6, 6.07) is 7.84. The Labute approximate surface area is 145 Å². The van der Waals surface area contributed by atoms with Crippen molar-refractivity contribution in [3.63, 3.8) is 0 Å². The molecule has 0 bridgehead atoms. The fourth-order valence-corrected chi connectivity index (χ4v) is 4.77. The number of benzene rings is 1. The third-order valence-electron chi connectivity index (χ3n) is 5.06. The third kappa shape index (κ3) is 3.07. The third-order valence-corrected chi connectivity index (χ3v) is 6.13. The van der Waals surface area contributed by atoms with Gasteiger partial charge in [-0.25, -0.2) is 0 Å². The van der Waals surface area contributed by atoms with Crippen LogP contribution in [0.1, 0.15) is 41.3 Å². The van der Waals surface area contributed by atoms with Gasteiger partial charge in [0.2, 0.25) is 5.89 Å². The first-order valence-electron chi connectivity index (χ1n) is 8.51. The topological polar surface area (TPSA) is 59.2 Å². The summed E-state index contributed by atoms with van der Waals surface area (Å²) < 4.78 is 5.00. The number of fused-ring (bicyclic) bond motifs is 1. The maximum absolute atomic E-state index is 13.0. The van der Waals surface area contributed by atoms with Crippen molar-refractivity contribution in [1.29, 1.82) is 0 Å². The van der Waals surface area contributed by atoms with E-state index in [-0.39, 0.29) is 5.91 Å². The van der Waals surface area contributed by atoms with Gasteiger partial charge in [-0.15, -0.1) is 11.8 Å². The number of hydrogen-bond donors (Lipinski definition) is 0. The number of carbonyl (C=O) groups excluding carboxylic acids is 1. The van der Waals surface area contributed by atoms with E-state index >= 15 is 0 Å². The summed E-state index contributed by atoms with van der Waals surface area (Å²) in [5.41, 5.74) is 0.794. The minimum absolute atomic E-state index is 0.164. The Bertz CT molecular complexity index is 733. The minimum atomic E-state index is 0.164. The van der Waals surface area contributed by atoms with Crippen LogP contribution >= 0.6 is 11.8 Å². The number of nitrogens with zero attached hydrogens (tertiary/aromatic N) is 3. The fraction of sp³-hybridized carbons (Fsp3) is 0.500. The van der Waals surface area contributed by atoms with E-state index in [0.717, 1.165) is 35.4 Å². The lowest BCUT2D eigenvalue weighted by Crippen LogP contribution is -2.29. The van der Waals surface area contributed by atoms with Crippen LogP contribution in [-0.4, -0.2) is 34.0 Å². The maximum Gasteiger partial charge on any atom is 0.255 e. The molecule has 0 radical (unpaired) electrons. The van der Waals surface area contributed by atoms with Crippen molar-refractivity contribution in [1.82, 2.24) is 15.0 Å². The van der Waals surface area contributed by atoms with E-state index in [1.54, 1.807) is 18.7 Å². The van der Waals surface area contributed by atoms with Crippen molar-refractivity contribution in [2.45, 2.75) is 36.8 Å². The normalized spacial score (nSPS) is 22.8. The van der Waals surface area contributed by atoms with Crippen LogP contribution in [0.2, 0.25) is 0 Å². The van der Waals surface area contributed by atoms with Crippen LogP contribution in [0.5, 0.6) is 0 Å². The van der Waals surface area contributed by atoms with Crippen molar-refractivity contribution in [2.75, 3.05) is 13.1 Å². The first-order chi connectivity index (χ1) is 11.7. The van der Waals surface area contributed by atoms with Crippen LogP contribution in [0.25, 0.3) is 0 Å². The van der Waals surface area contributed by atoms with Crippen molar-refractivity contribution >= 4 is 17.7 Å². The number of aryl methyl sites for hydroxylation is 1. The molecule has 1 aliphatic carbocycles. The summed E-state index contributed by atoms with van der Waals surface area (Å²) >= 11 is 1.59. The van der Waals surface area contributed by atoms with E-state index in [2.05, 4.69) is 10.1 Å². The first kappa shape index (κ1) is 15.7. The van der Waals surface area contributed by atoms with Crippen molar-refractivity contribution in [2.24, 2.45) is 11.8 Å². The second-order valence-electron chi connectivity index (χ2n) is 6.68. The molecule has 2 aromatic rings. The van der Waals surface area contributed by atoms with Crippen molar-refractivity contribution < 1.29 is 9.32 Å². The van der Waals surface area contributed by atoms with E-state index in [4.69, 9.17) is 4.52 Å². The van der Waals surface area contributed by atoms with E-state index in [1.807, 2.05) is 29.2 Å². The molecule has 5 nitrogen and oxygen atoms in total. The molecular formula is C18H21N3O2S. The van der Waals surface area contributed by atoms with Gasteiger partial charge in [0.15, 0.2) is 5.82 Å². The molecule has 1 amide bonds. The number of likely N-dealkylation sites (tertiary alicyclic amines) is 1. The van der Waals surface area contributed by atoms with Crippen LogP contribution in [0.3, 0.4) is 0 Å². The van der Waals surface area contributed by atoms with E-state index in [9.17, 15) is 4.79 Å². The Balaban J connectivity index is 1.47. The van der Waals surface area contributed by atoms with Gasteiger partial charge in [0.05, 0.1) is 11.3 Å². The highest BCUT2D eigenvalue weighted by molar-refractivity contribution is 7.98. The zero-order chi connectivity index (χ0) is 16.5. The number of rotatable bonds is 4. The average molecular weight is 343 g/mol. The van der Waals surface area contributed by atoms with Gasteiger partial charge in [-0.1, -0.05) is 23.7 Å². The van der Waals surface area contributed by atoms with Gasteiger partial charge < -0.3 is 9.42 Å². The van der Waals surface area contributed by atoms with Crippen LogP contribution in [0.4, 0.5) is 0 Å². The Hall–Kier alpha value is -1.82. The molecule has 1 saturated heterocycles. The smallest absolute Gasteiger partial charge is 0.255 e. The molecule has 2 fully saturated rings. The summed E-state index contributed by atoms with van der Waals surface area (Å²) in [7, 11) is 0. The second kappa shape index (κ2) is 6.59. The van der Waals surface area contributed by atoms with Crippen LogP contribution in [-0.2, 0) is 5.75 Å². The molecule has 1 aliphatic heterocycles. The molecule has 6 heteroatoms. The molecule has 2 atom stereocenters. The number of hydrogen-bond acceptors (Lipinski definition) is 5. The molecule has 1 aromatic heterocycles. The highest BCUT2D eigenvalue weighted by Crippen LogP contribution is 2.38. The lowest BCUT2D eigenvalue weighted by Gasteiger charge is -2.19. The molecule has 0 spiro atoms. The molecule has 126 valence electrons. The standard InChI is InChI=1S/C18H21N3O2S/c1-12-19-17(20-23-12)11-24-16-8-3-2-7-15(16)18(22)21-9-13-5-4-6-14(13)10-21/h2-3,7-8,13-14H,4-6,9-11H2,1H3. The van der Waals surface area contributed by atoms with E-state index in [1.165, 1.54) is 19.3 Å². The van der Waals surface area contributed by atoms with Crippen molar-refractivity contribution in [3.8, 4) is 0 Å². The number of aromatic nitrogens is 2. The van der Waals surface area contributed by atoms with Crippen LogP contribution < -0.4 is 0 Å². The van der Waals surface area contributed by atoms with Crippen LogP contribution in [0, 0.1) is 18.8 Å². The molecule has 2 aliphatic rings. The number of amides is 1. The lowest BCUT2D eigenvalue weighted by atomic mass is 10.0. The summed E-state index contributed by atoms with van der Waals surface area (Å²) in [5, 5.41) is 3.92. The summed E-state index contributed by atoms with van der Waals surface area (Å²) in [6.07, 6.45) is 3.89. The monoisotopic (exact) mass is 343 g/mol. The van der Waals surface area contributed by atoms with Gasteiger partial charge in [0.1, 0.15) is 0 Å². The Morgan fingerprint density at radius 3 is 2.75 bits per heavy atom. The summed E-state index contributed by atoms with van der Waals surface area (Å²) in [5.74, 6) is 3.44. The molecule has 24 heavy (non-hydrogen) atoms. The van der Waals surface area contributed by atoms with Crippen molar-refractivity contribution in [3.05, 3.63) is 41.5 Å². The zero-order valence-corrected chi connectivity index (χ0v) is 14.6. The highest BCUT2D eigenvalue weighted by atomic mass is 32.2. The Kier molecular flexibility index (Phi) is 4.31. The zero-order valence-electron chi connectivity index (χ0n) is 13.8. The van der Waals surface area contributed by atoms with Gasteiger partial charge in [-0.3, -0.25) is 4.79 Å². The van der Waals surface area contributed by atoms with Crippen LogP contribution in [0.15, 0.2) is 33.7 Å². The van der Waals surface area contributed by atoms with Gasteiger partial charge in [-0.05, 0) is 36.8 Å². The highest BCUT2D eigenvalue weighted by Gasteiger charge is 2.38. The first-order valence-corrected chi connectivity index (χ1v) is 9.49. The number of thioether (sulfide) groups is 1. The maximum atomic E-state index is 13.0. The summed E-state index contributed by atoms with van der Waals surface area (Å²) in [4.78, 5) is 20.2. The van der Waals surface area contributed by atoms with Gasteiger partial charge in [-0.2, -0.15) is 4.98 Å². The van der Waals surface area contributed by atoms with Gasteiger partial charge in [0, 0.05) is 24.9 Å². The summed E-state index contributed by atoms with van der Waals surface area (Å²) in [6.45, 7) is 3.63. The van der Waals surface area contributed by atoms with Gasteiger partial charge in [0.25, 0.3) is 5.91 Å². The predicted molar refractivity (Wildman–Crippen MR) is 91.8 cm³/mol. The van der Waals surface area contributed by atoms with E-state index in [0.29, 0.717) is 17.5 Å². The van der Waals surface area contributed by atoms with Gasteiger partial charge >= 0.3 is 0 Å². The molecule has 1 saturated carbocycles. The molecule has 4 rings (SSSR count). The fourth-order valence-electron chi connectivity index (χ4n) is 3.88. The minimum Gasteiger partial charge on any atom is -0.340 e. The second-order valence-corrected chi connectivity index (χ2v) is 7.69. The Morgan fingerprint density at radius 2 is 2.04 bits per heavy atom. The van der Waals surface area contributed by atoms with E-state index < -0.39 is 0 Å². The molecule has 1 aromatic carbocycles. The molecule has 0 N–H and O–H groups in total. The molecular weight excluding hydrogens is 322 g/mol.